The van der Waals surface area contributed by atoms with Crippen LogP contribution in [0, 0.1) is 13.8 Å². The SMILES string of the molecule is CNC(=O)/C(=N/OC)c1cccc(C)c1CO/N=C(\C)c1cc(C)cc(-c2ccccc2)c1. The van der Waals surface area contributed by atoms with Crippen LogP contribution in [0.25, 0.3) is 11.1 Å². The first-order valence-electron chi connectivity index (χ1n) is 10.7. The van der Waals surface area contributed by atoms with Crippen LogP contribution >= 0.6 is 0 Å². The van der Waals surface area contributed by atoms with Crippen molar-refractivity contribution >= 4 is 17.3 Å². The zero-order valence-electron chi connectivity index (χ0n) is 19.7. The fourth-order valence-corrected chi connectivity index (χ4v) is 3.57. The van der Waals surface area contributed by atoms with E-state index >= 15 is 0 Å². The largest absolute Gasteiger partial charge is 0.398 e. The first-order chi connectivity index (χ1) is 15.9. The Bertz CT molecular complexity index is 1180. The highest BCUT2D eigenvalue weighted by molar-refractivity contribution is 6.45. The minimum absolute atomic E-state index is 0.189. The van der Waals surface area contributed by atoms with Gasteiger partial charge in [-0.2, -0.15) is 0 Å². The Labute approximate surface area is 194 Å². The Morgan fingerprint density at radius 3 is 2.39 bits per heavy atom. The Morgan fingerprint density at radius 2 is 1.70 bits per heavy atom. The molecule has 170 valence electrons. The third kappa shape index (κ3) is 5.86. The van der Waals surface area contributed by atoms with Gasteiger partial charge in [0.15, 0.2) is 5.71 Å². The topological polar surface area (TPSA) is 72.3 Å². The van der Waals surface area contributed by atoms with E-state index in [0.717, 1.165) is 39.1 Å². The number of oxime groups is 2. The molecule has 1 N–H and O–H groups in total. The molecule has 3 rings (SSSR count). The predicted octanol–water partition coefficient (Wildman–Crippen LogP) is 5.01. The lowest BCUT2D eigenvalue weighted by Crippen LogP contribution is -2.29. The van der Waals surface area contributed by atoms with Crippen LogP contribution in [0.5, 0.6) is 0 Å². The number of hydrogen-bond donors (Lipinski definition) is 1. The number of carbonyl (C=O) groups is 1. The van der Waals surface area contributed by atoms with E-state index in [-0.39, 0.29) is 18.2 Å². The molecule has 3 aromatic carbocycles. The van der Waals surface area contributed by atoms with Crippen molar-refractivity contribution in [2.45, 2.75) is 27.4 Å². The minimum Gasteiger partial charge on any atom is -0.398 e. The van der Waals surface area contributed by atoms with Gasteiger partial charge in [0.2, 0.25) is 0 Å². The van der Waals surface area contributed by atoms with E-state index in [2.05, 4.69) is 52.9 Å². The Hall–Kier alpha value is -3.93. The number of nitrogens with one attached hydrogen (secondary N) is 1. The van der Waals surface area contributed by atoms with E-state index in [9.17, 15) is 4.79 Å². The number of benzene rings is 3. The summed E-state index contributed by atoms with van der Waals surface area (Å²) in [4.78, 5) is 23.0. The molecule has 6 heteroatoms. The number of carbonyl (C=O) groups excluding carboxylic acids is 1. The number of likely N-dealkylation sites (N-methyl/N-ethyl adjacent to an activating group) is 1. The molecule has 1 amide bonds. The number of amides is 1. The molecular weight excluding hydrogens is 414 g/mol. The molecule has 0 aliphatic heterocycles. The van der Waals surface area contributed by atoms with Crippen LogP contribution in [0.3, 0.4) is 0 Å². The summed E-state index contributed by atoms with van der Waals surface area (Å²) in [5.41, 5.74) is 7.81. The first kappa shape index (κ1) is 23.7. The molecule has 0 radical (unpaired) electrons. The van der Waals surface area contributed by atoms with Crippen LogP contribution in [0.15, 0.2) is 77.0 Å². The van der Waals surface area contributed by atoms with Crippen LogP contribution in [0.2, 0.25) is 0 Å². The molecule has 0 spiro atoms. The maximum atomic E-state index is 12.3. The molecule has 0 bridgehead atoms. The lowest BCUT2D eigenvalue weighted by atomic mass is 9.98. The van der Waals surface area contributed by atoms with Crippen molar-refractivity contribution < 1.29 is 14.5 Å². The molecule has 0 aliphatic rings. The van der Waals surface area contributed by atoms with Gasteiger partial charge in [-0.25, -0.2) is 0 Å². The van der Waals surface area contributed by atoms with Gasteiger partial charge in [0.25, 0.3) is 5.91 Å². The second kappa shape index (κ2) is 11.1. The third-order valence-corrected chi connectivity index (χ3v) is 5.30. The van der Waals surface area contributed by atoms with Gasteiger partial charge in [-0.15, -0.1) is 0 Å². The second-order valence-electron chi connectivity index (χ2n) is 7.71. The summed E-state index contributed by atoms with van der Waals surface area (Å²) in [7, 11) is 2.97. The second-order valence-corrected chi connectivity index (χ2v) is 7.71. The van der Waals surface area contributed by atoms with E-state index in [4.69, 9.17) is 9.68 Å². The maximum Gasteiger partial charge on any atom is 0.273 e. The quantitative estimate of drug-likeness (QED) is 0.393. The zero-order valence-corrected chi connectivity index (χ0v) is 19.7. The van der Waals surface area contributed by atoms with Crippen molar-refractivity contribution in [3.05, 3.63) is 94.5 Å². The first-order valence-corrected chi connectivity index (χ1v) is 10.7. The molecule has 0 aromatic heterocycles. The van der Waals surface area contributed by atoms with Crippen LogP contribution in [-0.2, 0) is 21.1 Å². The Morgan fingerprint density at radius 1 is 0.939 bits per heavy atom. The highest BCUT2D eigenvalue weighted by Crippen LogP contribution is 2.23. The molecular formula is C27H29N3O3. The minimum atomic E-state index is -0.336. The van der Waals surface area contributed by atoms with Gasteiger partial charge >= 0.3 is 0 Å². The molecule has 6 nitrogen and oxygen atoms in total. The van der Waals surface area contributed by atoms with E-state index in [1.54, 1.807) is 7.05 Å². The normalized spacial score (nSPS) is 11.8. The van der Waals surface area contributed by atoms with Gasteiger partial charge in [-0.3, -0.25) is 4.79 Å². The highest BCUT2D eigenvalue weighted by Gasteiger charge is 2.19. The molecule has 0 unspecified atom stereocenters. The number of nitrogens with zero attached hydrogens (tertiary/aromatic N) is 2. The van der Waals surface area contributed by atoms with Crippen molar-refractivity contribution in [3.63, 3.8) is 0 Å². The van der Waals surface area contributed by atoms with Gasteiger partial charge in [0.1, 0.15) is 13.7 Å². The Balaban J connectivity index is 1.86. The molecule has 3 aromatic rings. The molecule has 0 atom stereocenters. The van der Waals surface area contributed by atoms with Crippen molar-refractivity contribution in [1.82, 2.24) is 5.32 Å². The average molecular weight is 444 g/mol. The highest BCUT2D eigenvalue weighted by atomic mass is 16.6. The monoisotopic (exact) mass is 443 g/mol. The fourth-order valence-electron chi connectivity index (χ4n) is 3.57. The van der Waals surface area contributed by atoms with Gasteiger partial charge in [-0.05, 0) is 54.7 Å². The van der Waals surface area contributed by atoms with Gasteiger partial charge < -0.3 is 15.0 Å². The van der Waals surface area contributed by atoms with Crippen molar-refractivity contribution in [2.75, 3.05) is 14.2 Å². The van der Waals surface area contributed by atoms with Crippen LogP contribution in [0.1, 0.15) is 34.7 Å². The van der Waals surface area contributed by atoms with Crippen LogP contribution in [-0.4, -0.2) is 31.5 Å². The third-order valence-electron chi connectivity index (χ3n) is 5.30. The summed E-state index contributed by atoms with van der Waals surface area (Å²) in [5.74, 6) is -0.336. The smallest absolute Gasteiger partial charge is 0.273 e. The number of rotatable bonds is 8. The Kier molecular flexibility index (Phi) is 7.97. The predicted molar refractivity (Wildman–Crippen MR) is 132 cm³/mol. The average Bonchev–Trinajstić information content (AvgIpc) is 2.83. The summed E-state index contributed by atoms with van der Waals surface area (Å²) in [6.07, 6.45) is 0. The van der Waals surface area contributed by atoms with E-state index in [1.807, 2.05) is 50.2 Å². The van der Waals surface area contributed by atoms with E-state index in [1.165, 1.54) is 7.11 Å². The van der Waals surface area contributed by atoms with Gasteiger partial charge in [0, 0.05) is 18.2 Å². The summed E-state index contributed by atoms with van der Waals surface area (Å²) in [6.45, 7) is 6.14. The van der Waals surface area contributed by atoms with Crippen LogP contribution in [0.4, 0.5) is 0 Å². The van der Waals surface area contributed by atoms with Crippen molar-refractivity contribution in [2.24, 2.45) is 10.3 Å². The molecule has 0 saturated heterocycles. The lowest BCUT2D eigenvalue weighted by Gasteiger charge is -2.13. The molecule has 0 saturated carbocycles. The van der Waals surface area contributed by atoms with E-state index in [0.29, 0.717) is 5.56 Å². The maximum absolute atomic E-state index is 12.3. The van der Waals surface area contributed by atoms with Gasteiger partial charge in [0.05, 0.1) is 5.71 Å². The van der Waals surface area contributed by atoms with E-state index < -0.39 is 0 Å². The summed E-state index contributed by atoms with van der Waals surface area (Å²) in [6, 6.07) is 22.2. The number of aryl methyl sites for hydroxylation is 2. The zero-order chi connectivity index (χ0) is 23.8. The molecule has 0 aliphatic carbocycles. The van der Waals surface area contributed by atoms with Gasteiger partial charge in [-0.1, -0.05) is 71.0 Å². The molecule has 33 heavy (non-hydrogen) atoms. The number of hydrogen-bond acceptors (Lipinski definition) is 5. The standard InChI is InChI=1S/C27H29N3O3/c1-18-14-22(16-23(15-18)21-11-7-6-8-12-21)20(3)29-33-17-25-19(2)10-9-13-24(25)26(30-32-5)27(31)28-4/h6-16H,17H2,1-5H3,(H,28,31)/b29-20+,30-26+. The molecule has 0 heterocycles. The van der Waals surface area contributed by atoms with Crippen LogP contribution < -0.4 is 5.32 Å². The van der Waals surface area contributed by atoms with Crippen molar-refractivity contribution in [3.8, 4) is 11.1 Å². The molecule has 0 fully saturated rings. The summed E-state index contributed by atoms with van der Waals surface area (Å²) in [5, 5.41) is 10.9. The lowest BCUT2D eigenvalue weighted by molar-refractivity contribution is -0.114. The van der Waals surface area contributed by atoms with Crippen molar-refractivity contribution in [1.29, 1.82) is 0 Å². The summed E-state index contributed by atoms with van der Waals surface area (Å²) < 4.78 is 0. The summed E-state index contributed by atoms with van der Waals surface area (Å²) >= 11 is 0. The fraction of sp³-hybridized carbons (Fsp3) is 0.222.